The van der Waals surface area contributed by atoms with Crippen molar-refractivity contribution in [3.05, 3.63) is 78.1 Å². The van der Waals surface area contributed by atoms with Crippen molar-refractivity contribution in [3.8, 4) is 0 Å². The number of nitrogens with one attached hydrogen (secondary N) is 1. The zero-order valence-corrected chi connectivity index (χ0v) is 21.8. The van der Waals surface area contributed by atoms with Gasteiger partial charge in [0, 0.05) is 35.6 Å². The SMILES string of the molecule is C=C(C)CCCCC1=Nc2cc(C3=NCC(CCCCNC)C3)ccc2C(=C)N1c1ccc(F)cc1. The average molecular weight is 487 g/mol. The van der Waals surface area contributed by atoms with Crippen LogP contribution in [-0.2, 0) is 0 Å². The number of nitrogens with zero attached hydrogens (tertiary/aromatic N) is 3. The Hall–Kier alpha value is -3.05. The molecule has 36 heavy (non-hydrogen) atoms. The van der Waals surface area contributed by atoms with Crippen molar-refractivity contribution in [3.63, 3.8) is 0 Å². The van der Waals surface area contributed by atoms with E-state index in [1.165, 1.54) is 48.2 Å². The summed E-state index contributed by atoms with van der Waals surface area (Å²) in [6, 6.07) is 13.0. The standard InChI is InChI=1S/C31H39FN4/c1-22(2)9-5-6-11-31-35-30-20-25(29-19-24(21-34-29)10-7-8-18-33-4)12-17-28(30)23(3)36(31)27-15-13-26(32)14-16-27/h12-17,20,24,33H,1,3,5-11,18-19,21H2,2,4H3. The van der Waals surface area contributed by atoms with Crippen LogP contribution < -0.4 is 10.2 Å². The fraction of sp³-hybridized carbons (Fsp3) is 0.419. The zero-order valence-electron chi connectivity index (χ0n) is 21.8. The van der Waals surface area contributed by atoms with Crippen molar-refractivity contribution in [2.24, 2.45) is 15.9 Å². The normalized spacial score (nSPS) is 17.1. The predicted octanol–water partition coefficient (Wildman–Crippen LogP) is 7.68. The first kappa shape index (κ1) is 26.0. The van der Waals surface area contributed by atoms with Crippen LogP contribution in [0, 0.1) is 11.7 Å². The Morgan fingerprint density at radius 3 is 2.67 bits per heavy atom. The Morgan fingerprint density at radius 2 is 1.92 bits per heavy atom. The molecule has 0 fully saturated rings. The Kier molecular flexibility index (Phi) is 8.87. The number of benzene rings is 2. The van der Waals surface area contributed by atoms with Crippen LogP contribution in [0.3, 0.4) is 0 Å². The maximum Gasteiger partial charge on any atom is 0.123 e. The van der Waals surface area contributed by atoms with Gasteiger partial charge < -0.3 is 5.32 Å². The van der Waals surface area contributed by atoms with Crippen LogP contribution in [0.5, 0.6) is 0 Å². The molecule has 0 bridgehead atoms. The number of hydrogen-bond acceptors (Lipinski definition) is 4. The lowest BCUT2D eigenvalue weighted by Crippen LogP contribution is -2.31. The van der Waals surface area contributed by atoms with Gasteiger partial charge in [0.2, 0.25) is 0 Å². The summed E-state index contributed by atoms with van der Waals surface area (Å²) in [4.78, 5) is 12.1. The summed E-state index contributed by atoms with van der Waals surface area (Å²) in [5.74, 6) is 1.35. The van der Waals surface area contributed by atoms with Gasteiger partial charge in [-0.1, -0.05) is 30.7 Å². The second kappa shape index (κ2) is 12.3. The van der Waals surface area contributed by atoms with E-state index in [1.54, 1.807) is 12.1 Å². The van der Waals surface area contributed by atoms with Gasteiger partial charge in [-0.3, -0.25) is 9.89 Å². The molecule has 1 N–H and O–H groups in total. The first-order valence-corrected chi connectivity index (χ1v) is 13.3. The van der Waals surface area contributed by atoms with Crippen molar-refractivity contribution < 1.29 is 4.39 Å². The molecular formula is C31H39FN4. The van der Waals surface area contributed by atoms with E-state index in [2.05, 4.69) is 48.5 Å². The molecule has 2 aromatic rings. The Labute approximate surface area is 215 Å². The summed E-state index contributed by atoms with van der Waals surface area (Å²) in [5, 5.41) is 3.23. The smallest absolute Gasteiger partial charge is 0.123 e. The van der Waals surface area contributed by atoms with E-state index in [0.29, 0.717) is 5.92 Å². The monoisotopic (exact) mass is 486 g/mol. The summed E-state index contributed by atoms with van der Waals surface area (Å²) in [6.07, 6.45) is 8.65. The van der Waals surface area contributed by atoms with Crippen molar-refractivity contribution in [2.75, 3.05) is 25.0 Å². The molecular weight excluding hydrogens is 447 g/mol. The molecule has 190 valence electrons. The highest BCUT2D eigenvalue weighted by Crippen LogP contribution is 2.39. The van der Waals surface area contributed by atoms with Gasteiger partial charge in [0.15, 0.2) is 0 Å². The maximum atomic E-state index is 13.6. The quantitative estimate of drug-likeness (QED) is 0.247. The molecule has 0 amide bonds. The summed E-state index contributed by atoms with van der Waals surface area (Å²) in [7, 11) is 2.01. The van der Waals surface area contributed by atoms with Crippen molar-refractivity contribution in [2.45, 2.75) is 58.3 Å². The number of hydrogen-bond donors (Lipinski definition) is 1. The van der Waals surface area contributed by atoms with Crippen LogP contribution in [0.1, 0.15) is 69.4 Å². The molecule has 1 unspecified atom stereocenters. The van der Waals surface area contributed by atoms with Crippen molar-refractivity contribution in [1.29, 1.82) is 0 Å². The lowest BCUT2D eigenvalue weighted by Gasteiger charge is -2.33. The number of unbranched alkanes of at least 4 members (excludes halogenated alkanes) is 2. The van der Waals surface area contributed by atoms with E-state index in [-0.39, 0.29) is 5.82 Å². The molecule has 5 heteroatoms. The van der Waals surface area contributed by atoms with E-state index < -0.39 is 0 Å². The topological polar surface area (TPSA) is 40.0 Å². The highest BCUT2D eigenvalue weighted by Gasteiger charge is 2.26. The highest BCUT2D eigenvalue weighted by molar-refractivity contribution is 6.13. The molecule has 0 saturated carbocycles. The Balaban J connectivity index is 1.54. The van der Waals surface area contributed by atoms with E-state index >= 15 is 0 Å². The van der Waals surface area contributed by atoms with Crippen molar-refractivity contribution >= 4 is 28.6 Å². The van der Waals surface area contributed by atoms with E-state index in [9.17, 15) is 4.39 Å². The fourth-order valence-corrected chi connectivity index (χ4v) is 5.06. The second-order valence-corrected chi connectivity index (χ2v) is 10.1. The van der Waals surface area contributed by atoms with Crippen LogP contribution in [0.25, 0.3) is 5.70 Å². The van der Waals surface area contributed by atoms with Crippen molar-refractivity contribution in [1.82, 2.24) is 5.32 Å². The summed E-state index contributed by atoms with van der Waals surface area (Å²) < 4.78 is 13.6. The van der Waals surface area contributed by atoms with Crippen LogP contribution in [0.15, 0.2) is 71.2 Å². The number of anilines is 1. The lowest BCUT2D eigenvalue weighted by molar-refractivity contribution is 0.500. The Morgan fingerprint density at radius 1 is 1.11 bits per heavy atom. The van der Waals surface area contributed by atoms with Crippen LogP contribution in [0.4, 0.5) is 15.8 Å². The average Bonchev–Trinajstić information content (AvgIpc) is 3.34. The third-order valence-corrected chi connectivity index (χ3v) is 7.07. The number of aliphatic imine (C=N–C) groups is 2. The first-order valence-electron chi connectivity index (χ1n) is 13.3. The summed E-state index contributed by atoms with van der Waals surface area (Å²) in [5.41, 5.74) is 7.29. The number of amidine groups is 1. The highest BCUT2D eigenvalue weighted by atomic mass is 19.1. The van der Waals surface area contributed by atoms with E-state index in [0.717, 1.165) is 73.7 Å². The molecule has 0 saturated heterocycles. The van der Waals surface area contributed by atoms with Gasteiger partial charge in [-0.05, 0) is 101 Å². The zero-order chi connectivity index (χ0) is 25.5. The molecule has 0 aliphatic carbocycles. The van der Waals surface area contributed by atoms with Gasteiger partial charge in [-0.15, -0.1) is 6.58 Å². The molecule has 0 radical (unpaired) electrons. The number of allylic oxidation sites excluding steroid dienone is 1. The molecule has 4 rings (SSSR count). The summed E-state index contributed by atoms with van der Waals surface area (Å²) >= 11 is 0. The fourth-order valence-electron chi connectivity index (χ4n) is 5.06. The molecule has 4 nitrogen and oxygen atoms in total. The molecule has 1 atom stereocenters. The van der Waals surface area contributed by atoms with Gasteiger partial charge in [0.25, 0.3) is 0 Å². The summed E-state index contributed by atoms with van der Waals surface area (Å²) in [6.45, 7) is 12.5. The maximum absolute atomic E-state index is 13.6. The molecule has 2 aliphatic heterocycles. The molecule has 0 spiro atoms. The lowest BCUT2D eigenvalue weighted by atomic mass is 9.94. The van der Waals surface area contributed by atoms with Gasteiger partial charge in [0.1, 0.15) is 11.7 Å². The van der Waals surface area contributed by atoms with Gasteiger partial charge in [0.05, 0.1) is 5.69 Å². The third kappa shape index (κ3) is 6.38. The number of halogens is 1. The largest absolute Gasteiger partial charge is 0.320 e. The third-order valence-electron chi connectivity index (χ3n) is 7.07. The molecule has 2 heterocycles. The number of fused-ring (bicyclic) bond motifs is 1. The molecule has 2 aliphatic rings. The minimum atomic E-state index is -0.246. The number of rotatable bonds is 12. The molecule has 2 aromatic carbocycles. The Bertz CT molecular complexity index is 1150. The van der Waals surface area contributed by atoms with Gasteiger partial charge >= 0.3 is 0 Å². The van der Waals surface area contributed by atoms with E-state index in [1.807, 2.05) is 7.05 Å². The minimum absolute atomic E-state index is 0.246. The van der Waals surface area contributed by atoms with Gasteiger partial charge in [-0.25, -0.2) is 9.38 Å². The second-order valence-electron chi connectivity index (χ2n) is 10.1. The van der Waals surface area contributed by atoms with Gasteiger partial charge in [-0.2, -0.15) is 0 Å². The van der Waals surface area contributed by atoms with E-state index in [4.69, 9.17) is 9.98 Å². The minimum Gasteiger partial charge on any atom is -0.320 e. The molecule has 0 aromatic heterocycles. The van der Waals surface area contributed by atoms with Crippen LogP contribution >= 0.6 is 0 Å². The first-order chi connectivity index (χ1) is 17.5. The van der Waals surface area contributed by atoms with Crippen LogP contribution in [0.2, 0.25) is 0 Å². The van der Waals surface area contributed by atoms with Crippen LogP contribution in [-0.4, -0.2) is 31.7 Å². The predicted molar refractivity (Wildman–Crippen MR) is 152 cm³/mol.